The van der Waals surface area contributed by atoms with Crippen LogP contribution in [-0.4, -0.2) is 31.9 Å². The highest BCUT2D eigenvalue weighted by Gasteiger charge is 2.20. The van der Waals surface area contributed by atoms with E-state index in [1.54, 1.807) is 6.92 Å². The molecule has 3 aromatic rings. The topological polar surface area (TPSA) is 44.8 Å². The fourth-order valence-electron chi connectivity index (χ4n) is 3.47. The summed E-state index contributed by atoms with van der Waals surface area (Å²) in [4.78, 5) is 12.1. The summed E-state index contributed by atoms with van der Waals surface area (Å²) >= 11 is 7.01. The number of carbonyl (C=O) groups is 1. The van der Waals surface area contributed by atoms with Gasteiger partial charge in [0.2, 0.25) is 0 Å². The molecule has 1 unspecified atom stereocenters. The van der Waals surface area contributed by atoms with E-state index in [1.165, 1.54) is 0 Å². The lowest BCUT2D eigenvalue weighted by molar-refractivity contribution is -0.156. The molecule has 0 saturated heterocycles. The molecule has 0 aromatic heterocycles. The summed E-state index contributed by atoms with van der Waals surface area (Å²) in [6.45, 7) is 4.88. The molecule has 0 heterocycles. The summed E-state index contributed by atoms with van der Waals surface area (Å²) in [5.74, 6) is 0.429. The van der Waals surface area contributed by atoms with Crippen molar-refractivity contribution in [2.75, 3.05) is 19.8 Å². The predicted octanol–water partition coefficient (Wildman–Crippen LogP) is 7.23. The first-order valence-electron chi connectivity index (χ1n) is 11.2. The van der Waals surface area contributed by atoms with Gasteiger partial charge in [0, 0.05) is 22.0 Å². The molecule has 0 saturated carbocycles. The summed E-state index contributed by atoms with van der Waals surface area (Å²) in [6.07, 6.45) is 1.95. The van der Waals surface area contributed by atoms with E-state index >= 15 is 0 Å². The second-order valence-corrected chi connectivity index (χ2v) is 9.32. The van der Waals surface area contributed by atoms with Gasteiger partial charge in [-0.3, -0.25) is 0 Å². The molecule has 0 spiro atoms. The van der Waals surface area contributed by atoms with Crippen LogP contribution < -0.4 is 4.74 Å². The van der Waals surface area contributed by atoms with Gasteiger partial charge in [-0.1, -0.05) is 68.3 Å². The average molecular weight is 588 g/mol. The van der Waals surface area contributed by atoms with E-state index in [-0.39, 0.29) is 5.97 Å². The molecule has 0 N–H and O–H groups in total. The Kier molecular flexibility index (Phi) is 10.4. The molecule has 1 atom stereocenters. The molecule has 0 aliphatic rings. The van der Waals surface area contributed by atoms with Crippen LogP contribution in [0.3, 0.4) is 0 Å². The monoisotopic (exact) mass is 586 g/mol. The van der Waals surface area contributed by atoms with E-state index in [0.29, 0.717) is 26.2 Å². The second-order valence-electron chi connectivity index (χ2n) is 7.49. The van der Waals surface area contributed by atoms with Crippen LogP contribution >= 0.6 is 31.9 Å². The maximum absolute atomic E-state index is 12.1. The zero-order valence-electron chi connectivity index (χ0n) is 19.3. The van der Waals surface area contributed by atoms with Crippen LogP contribution in [0.15, 0.2) is 87.8 Å². The van der Waals surface area contributed by atoms with Gasteiger partial charge in [-0.2, -0.15) is 0 Å². The van der Waals surface area contributed by atoms with Gasteiger partial charge >= 0.3 is 5.97 Å². The number of halogens is 2. The van der Waals surface area contributed by atoms with Gasteiger partial charge in [0.25, 0.3) is 0 Å². The Labute approximate surface area is 218 Å². The van der Waals surface area contributed by atoms with Crippen molar-refractivity contribution in [1.29, 1.82) is 0 Å². The smallest absolute Gasteiger partial charge is 0.335 e. The van der Waals surface area contributed by atoms with E-state index in [1.807, 2.05) is 55.5 Å². The van der Waals surface area contributed by atoms with Gasteiger partial charge in [0.15, 0.2) is 6.10 Å². The number of benzene rings is 3. The fourth-order valence-corrected chi connectivity index (χ4v) is 3.99. The molecule has 0 aliphatic heterocycles. The van der Waals surface area contributed by atoms with Crippen molar-refractivity contribution in [3.8, 4) is 5.75 Å². The van der Waals surface area contributed by atoms with E-state index in [0.717, 1.165) is 37.0 Å². The quantitative estimate of drug-likeness (QED) is 0.222. The van der Waals surface area contributed by atoms with E-state index < -0.39 is 6.10 Å². The van der Waals surface area contributed by atoms with Crippen molar-refractivity contribution in [3.63, 3.8) is 0 Å². The van der Waals surface area contributed by atoms with Gasteiger partial charge in [0.1, 0.15) is 12.4 Å². The molecule has 0 aliphatic carbocycles. The second kappa shape index (κ2) is 13.5. The molecule has 3 rings (SSSR count). The highest BCUT2D eigenvalue weighted by Crippen LogP contribution is 2.26. The summed E-state index contributed by atoms with van der Waals surface area (Å²) in [5.41, 5.74) is 4.32. The largest absolute Gasteiger partial charge is 0.490 e. The maximum Gasteiger partial charge on any atom is 0.335 e. The average Bonchev–Trinajstić information content (AvgIpc) is 2.84. The first kappa shape index (κ1) is 26.2. The molecule has 178 valence electrons. The molecule has 6 heteroatoms. The first-order chi connectivity index (χ1) is 16.5. The lowest BCUT2D eigenvalue weighted by atomic mass is 9.98. The van der Waals surface area contributed by atoms with Crippen molar-refractivity contribution in [2.24, 2.45) is 0 Å². The van der Waals surface area contributed by atoms with Gasteiger partial charge < -0.3 is 14.2 Å². The summed E-state index contributed by atoms with van der Waals surface area (Å²) in [7, 11) is 0. The Bertz CT molecular complexity index is 1030. The summed E-state index contributed by atoms with van der Waals surface area (Å²) in [5, 5.41) is 0. The van der Waals surface area contributed by atoms with Crippen LogP contribution in [0.25, 0.3) is 5.57 Å². The van der Waals surface area contributed by atoms with Crippen molar-refractivity contribution < 1.29 is 19.0 Å². The SMILES string of the molecule is CCOC(=O)C(Cc1ccc(OCC=C(c2ccc(Br)cc2)c2ccc(Br)cc2)cc1)OCC. The summed E-state index contributed by atoms with van der Waals surface area (Å²) in [6, 6.07) is 24.2. The molecule has 0 fully saturated rings. The van der Waals surface area contributed by atoms with E-state index in [9.17, 15) is 4.79 Å². The number of esters is 1. The van der Waals surface area contributed by atoms with Crippen LogP contribution in [0.4, 0.5) is 0 Å². The third-order valence-corrected chi connectivity index (χ3v) is 6.17. The Morgan fingerprint density at radius 1 is 0.824 bits per heavy atom. The van der Waals surface area contributed by atoms with Crippen LogP contribution in [0.1, 0.15) is 30.5 Å². The minimum Gasteiger partial charge on any atom is -0.490 e. The number of rotatable bonds is 11. The maximum atomic E-state index is 12.1. The molecule has 3 aromatic carbocycles. The minimum absolute atomic E-state index is 0.330. The Balaban J connectivity index is 1.69. The number of ether oxygens (including phenoxy) is 3. The minimum atomic E-state index is -0.598. The van der Waals surface area contributed by atoms with Crippen molar-refractivity contribution >= 4 is 43.4 Å². The molecule has 0 radical (unpaired) electrons. The predicted molar refractivity (Wildman–Crippen MR) is 143 cm³/mol. The summed E-state index contributed by atoms with van der Waals surface area (Å²) < 4.78 is 18.8. The van der Waals surface area contributed by atoms with Crippen molar-refractivity contribution in [2.45, 2.75) is 26.4 Å². The zero-order valence-corrected chi connectivity index (χ0v) is 22.5. The van der Waals surface area contributed by atoms with Gasteiger partial charge in [-0.15, -0.1) is 0 Å². The molecule has 0 bridgehead atoms. The van der Waals surface area contributed by atoms with Crippen LogP contribution in [0.5, 0.6) is 5.75 Å². The van der Waals surface area contributed by atoms with Crippen LogP contribution in [0.2, 0.25) is 0 Å². The fraction of sp³-hybridized carbons (Fsp3) is 0.250. The zero-order chi connectivity index (χ0) is 24.3. The highest BCUT2D eigenvalue weighted by atomic mass is 79.9. The number of hydrogen-bond acceptors (Lipinski definition) is 4. The lowest BCUT2D eigenvalue weighted by Crippen LogP contribution is -2.28. The number of hydrogen-bond donors (Lipinski definition) is 0. The Morgan fingerprint density at radius 2 is 1.38 bits per heavy atom. The lowest BCUT2D eigenvalue weighted by Gasteiger charge is -2.15. The van der Waals surface area contributed by atoms with E-state index in [2.05, 4.69) is 62.2 Å². The third-order valence-electron chi connectivity index (χ3n) is 5.11. The van der Waals surface area contributed by atoms with Crippen molar-refractivity contribution in [3.05, 3.63) is 105 Å². The van der Waals surface area contributed by atoms with E-state index in [4.69, 9.17) is 14.2 Å². The van der Waals surface area contributed by atoms with Crippen LogP contribution in [-0.2, 0) is 20.7 Å². The Hall–Kier alpha value is -2.41. The van der Waals surface area contributed by atoms with Gasteiger partial charge in [-0.25, -0.2) is 4.79 Å². The molecular formula is C28H28Br2O4. The molecule has 4 nitrogen and oxygen atoms in total. The molecule has 34 heavy (non-hydrogen) atoms. The normalized spacial score (nSPS) is 11.5. The highest BCUT2D eigenvalue weighted by molar-refractivity contribution is 9.10. The molecule has 0 amide bonds. The first-order valence-corrected chi connectivity index (χ1v) is 12.8. The van der Waals surface area contributed by atoms with Gasteiger partial charge in [-0.05, 0) is 78.6 Å². The van der Waals surface area contributed by atoms with Crippen molar-refractivity contribution in [1.82, 2.24) is 0 Å². The number of carbonyl (C=O) groups excluding carboxylic acids is 1. The molecular weight excluding hydrogens is 560 g/mol. The van der Waals surface area contributed by atoms with Crippen LogP contribution in [0, 0.1) is 0 Å². The Morgan fingerprint density at radius 3 is 1.88 bits per heavy atom. The van der Waals surface area contributed by atoms with Gasteiger partial charge in [0.05, 0.1) is 6.61 Å². The third kappa shape index (κ3) is 7.83. The standard InChI is InChI=1S/C28H28Br2O4/c1-3-32-27(28(31)33-4-2)19-20-5-15-25(16-6-20)34-18-17-26(21-7-11-23(29)12-8-21)22-9-13-24(30)14-10-22/h5-17,27H,3-4,18-19H2,1-2H3.